The smallest absolute Gasteiger partial charge is 0.341 e. The van der Waals surface area contributed by atoms with E-state index in [-0.39, 0.29) is 11.8 Å². The van der Waals surface area contributed by atoms with Crippen LogP contribution in [0.2, 0.25) is 0 Å². The number of rotatable bonds is 5. The van der Waals surface area contributed by atoms with Gasteiger partial charge in [0.15, 0.2) is 0 Å². The summed E-state index contributed by atoms with van der Waals surface area (Å²) in [5, 5.41) is 0. The SMILES string of the molecule is CC(CC(=O)N(C)Cc1ccc(C(F)(F)F)cc1)c1ccccc1. The van der Waals surface area contributed by atoms with E-state index in [0.717, 1.165) is 17.7 Å². The summed E-state index contributed by atoms with van der Waals surface area (Å²) >= 11 is 0. The first-order chi connectivity index (χ1) is 11.3. The van der Waals surface area contributed by atoms with E-state index < -0.39 is 11.7 Å². The molecular weight excluding hydrogens is 315 g/mol. The molecule has 2 nitrogen and oxygen atoms in total. The second-order valence-corrected chi connectivity index (χ2v) is 5.96. The minimum atomic E-state index is -4.34. The molecule has 0 saturated heterocycles. The van der Waals surface area contributed by atoms with E-state index in [1.165, 1.54) is 12.1 Å². The molecule has 0 spiro atoms. The zero-order valence-electron chi connectivity index (χ0n) is 13.7. The summed E-state index contributed by atoms with van der Waals surface area (Å²) in [6.07, 6.45) is -3.98. The van der Waals surface area contributed by atoms with Gasteiger partial charge in [-0.2, -0.15) is 13.2 Å². The largest absolute Gasteiger partial charge is 0.416 e. The van der Waals surface area contributed by atoms with Gasteiger partial charge in [0.1, 0.15) is 0 Å². The van der Waals surface area contributed by atoms with Crippen LogP contribution in [0.5, 0.6) is 0 Å². The Balaban J connectivity index is 1.94. The summed E-state index contributed by atoms with van der Waals surface area (Å²) in [5.41, 5.74) is 1.08. The Hall–Kier alpha value is -2.30. The maximum Gasteiger partial charge on any atom is 0.416 e. The predicted octanol–water partition coefficient (Wildman–Crippen LogP) is 4.86. The van der Waals surface area contributed by atoms with E-state index in [1.54, 1.807) is 11.9 Å². The number of hydrogen-bond donors (Lipinski definition) is 0. The van der Waals surface area contributed by atoms with Crippen LogP contribution in [-0.2, 0) is 17.5 Å². The molecule has 5 heteroatoms. The van der Waals surface area contributed by atoms with Crippen molar-refractivity contribution in [1.82, 2.24) is 4.90 Å². The Labute approximate surface area is 139 Å². The van der Waals surface area contributed by atoms with Crippen LogP contribution in [0.15, 0.2) is 54.6 Å². The van der Waals surface area contributed by atoms with Gasteiger partial charge in [-0.1, -0.05) is 49.4 Å². The lowest BCUT2D eigenvalue weighted by atomic mass is 9.97. The molecule has 0 bridgehead atoms. The van der Waals surface area contributed by atoms with Crippen LogP contribution in [0.4, 0.5) is 13.2 Å². The van der Waals surface area contributed by atoms with Gasteiger partial charge in [0.2, 0.25) is 5.91 Å². The molecule has 2 aromatic rings. The second kappa shape index (κ2) is 7.51. The average Bonchev–Trinajstić information content (AvgIpc) is 2.55. The Morgan fingerprint density at radius 1 is 1.04 bits per heavy atom. The van der Waals surface area contributed by atoms with Crippen LogP contribution in [0, 0.1) is 0 Å². The van der Waals surface area contributed by atoms with Gasteiger partial charge < -0.3 is 4.90 Å². The standard InChI is InChI=1S/C19H20F3NO/c1-14(16-6-4-3-5-7-16)12-18(24)23(2)13-15-8-10-17(11-9-15)19(20,21)22/h3-11,14H,12-13H2,1-2H3. The fourth-order valence-electron chi connectivity index (χ4n) is 2.48. The Bertz CT molecular complexity index is 665. The highest BCUT2D eigenvalue weighted by molar-refractivity contribution is 5.76. The van der Waals surface area contributed by atoms with E-state index in [0.29, 0.717) is 18.5 Å². The van der Waals surface area contributed by atoms with Gasteiger partial charge in [-0.05, 0) is 29.2 Å². The summed E-state index contributed by atoms with van der Waals surface area (Å²) in [7, 11) is 1.66. The minimum absolute atomic E-state index is 0.0359. The van der Waals surface area contributed by atoms with Crippen LogP contribution in [0.25, 0.3) is 0 Å². The molecule has 1 atom stereocenters. The number of halogens is 3. The van der Waals surface area contributed by atoms with Crippen molar-refractivity contribution in [1.29, 1.82) is 0 Å². The lowest BCUT2D eigenvalue weighted by Crippen LogP contribution is -2.27. The van der Waals surface area contributed by atoms with Gasteiger partial charge in [-0.25, -0.2) is 0 Å². The highest BCUT2D eigenvalue weighted by atomic mass is 19.4. The monoisotopic (exact) mass is 335 g/mol. The third kappa shape index (κ3) is 4.85. The molecule has 0 heterocycles. The molecule has 1 amide bonds. The van der Waals surface area contributed by atoms with Crippen molar-refractivity contribution in [3.63, 3.8) is 0 Å². The van der Waals surface area contributed by atoms with E-state index in [4.69, 9.17) is 0 Å². The van der Waals surface area contributed by atoms with Gasteiger partial charge in [0, 0.05) is 20.0 Å². The Morgan fingerprint density at radius 3 is 2.17 bits per heavy atom. The third-order valence-corrected chi connectivity index (χ3v) is 3.98. The summed E-state index contributed by atoms with van der Waals surface area (Å²) in [6, 6.07) is 14.7. The quantitative estimate of drug-likeness (QED) is 0.764. The third-order valence-electron chi connectivity index (χ3n) is 3.98. The van der Waals surface area contributed by atoms with Crippen LogP contribution < -0.4 is 0 Å². The molecule has 0 aliphatic heterocycles. The lowest BCUT2D eigenvalue weighted by Gasteiger charge is -2.20. The molecule has 0 saturated carbocycles. The van der Waals surface area contributed by atoms with Crippen LogP contribution in [-0.4, -0.2) is 17.9 Å². The summed E-state index contributed by atoms with van der Waals surface area (Å²) in [6.45, 7) is 2.28. The first-order valence-electron chi connectivity index (χ1n) is 7.72. The zero-order valence-corrected chi connectivity index (χ0v) is 13.7. The van der Waals surface area contributed by atoms with Crippen molar-refractivity contribution in [3.8, 4) is 0 Å². The van der Waals surface area contributed by atoms with E-state index >= 15 is 0 Å². The summed E-state index contributed by atoms with van der Waals surface area (Å²) < 4.78 is 37.7. The molecule has 24 heavy (non-hydrogen) atoms. The number of alkyl halides is 3. The number of hydrogen-bond acceptors (Lipinski definition) is 1. The second-order valence-electron chi connectivity index (χ2n) is 5.96. The van der Waals surface area contributed by atoms with Crippen molar-refractivity contribution in [3.05, 3.63) is 71.3 Å². The first-order valence-corrected chi connectivity index (χ1v) is 7.72. The molecule has 0 N–H and O–H groups in total. The topological polar surface area (TPSA) is 20.3 Å². The Morgan fingerprint density at radius 2 is 1.62 bits per heavy atom. The fourth-order valence-corrected chi connectivity index (χ4v) is 2.48. The van der Waals surface area contributed by atoms with E-state index in [9.17, 15) is 18.0 Å². The number of amides is 1. The zero-order chi connectivity index (χ0) is 17.7. The number of nitrogens with zero attached hydrogens (tertiary/aromatic N) is 1. The molecule has 0 aromatic heterocycles. The molecule has 128 valence electrons. The van der Waals surface area contributed by atoms with Crippen molar-refractivity contribution in [2.45, 2.75) is 32.0 Å². The van der Waals surface area contributed by atoms with Gasteiger partial charge >= 0.3 is 6.18 Å². The maximum absolute atomic E-state index is 12.6. The number of carbonyl (C=O) groups is 1. The predicted molar refractivity (Wildman–Crippen MR) is 87.4 cm³/mol. The number of benzene rings is 2. The van der Waals surface area contributed by atoms with Crippen molar-refractivity contribution >= 4 is 5.91 Å². The van der Waals surface area contributed by atoms with E-state index in [2.05, 4.69) is 0 Å². The molecule has 0 fully saturated rings. The van der Waals surface area contributed by atoms with Crippen molar-refractivity contribution in [2.24, 2.45) is 0 Å². The molecule has 2 aromatic carbocycles. The summed E-state index contributed by atoms with van der Waals surface area (Å²) in [4.78, 5) is 13.8. The van der Waals surface area contributed by atoms with Gasteiger partial charge in [-0.3, -0.25) is 4.79 Å². The van der Waals surface area contributed by atoms with Crippen LogP contribution in [0.1, 0.15) is 36.0 Å². The molecule has 0 radical (unpaired) electrons. The van der Waals surface area contributed by atoms with Crippen molar-refractivity contribution in [2.75, 3.05) is 7.05 Å². The molecule has 1 unspecified atom stereocenters. The van der Waals surface area contributed by atoms with Gasteiger partial charge in [0.25, 0.3) is 0 Å². The first kappa shape index (κ1) is 18.0. The lowest BCUT2D eigenvalue weighted by molar-refractivity contribution is -0.137. The molecule has 0 aliphatic rings. The van der Waals surface area contributed by atoms with E-state index in [1.807, 2.05) is 37.3 Å². The number of carbonyl (C=O) groups excluding carboxylic acids is 1. The fraction of sp³-hybridized carbons (Fsp3) is 0.316. The highest BCUT2D eigenvalue weighted by Gasteiger charge is 2.30. The average molecular weight is 335 g/mol. The van der Waals surface area contributed by atoms with Crippen LogP contribution in [0.3, 0.4) is 0 Å². The van der Waals surface area contributed by atoms with Crippen molar-refractivity contribution < 1.29 is 18.0 Å². The van der Waals surface area contributed by atoms with Gasteiger partial charge in [-0.15, -0.1) is 0 Å². The molecule has 2 rings (SSSR count). The Kier molecular flexibility index (Phi) is 5.65. The molecule has 0 aliphatic carbocycles. The van der Waals surface area contributed by atoms with Crippen LogP contribution >= 0.6 is 0 Å². The normalized spacial score (nSPS) is 12.7. The highest BCUT2D eigenvalue weighted by Crippen LogP contribution is 2.29. The minimum Gasteiger partial charge on any atom is -0.341 e. The van der Waals surface area contributed by atoms with Gasteiger partial charge in [0.05, 0.1) is 5.56 Å². The maximum atomic E-state index is 12.6. The summed E-state index contributed by atoms with van der Waals surface area (Å²) in [5.74, 6) is 0.0556. The molecular formula is C19H20F3NO.